The zero-order chi connectivity index (χ0) is 15.8. The first kappa shape index (κ1) is 16.6. The third-order valence-corrected chi connectivity index (χ3v) is 2.41. The number of aliphatic carboxylic acids is 1. The highest BCUT2D eigenvalue weighted by atomic mass is 16.5. The Morgan fingerprint density at radius 2 is 2.00 bits per heavy atom. The number of rotatable bonds is 7. The van der Waals surface area contributed by atoms with Gasteiger partial charge in [0.1, 0.15) is 0 Å². The van der Waals surface area contributed by atoms with E-state index in [2.05, 4.69) is 10.6 Å². The van der Waals surface area contributed by atoms with E-state index in [9.17, 15) is 9.59 Å². The summed E-state index contributed by atoms with van der Waals surface area (Å²) in [6, 6.07) is 4.53. The van der Waals surface area contributed by atoms with Crippen molar-refractivity contribution in [1.29, 1.82) is 0 Å². The van der Waals surface area contributed by atoms with Crippen molar-refractivity contribution in [2.24, 2.45) is 0 Å². The smallest absolute Gasteiger partial charge is 0.319 e. The number of carboxylic acid groups (broad SMARTS) is 1. The van der Waals surface area contributed by atoms with Crippen molar-refractivity contribution in [1.82, 2.24) is 5.32 Å². The standard InChI is InChI=1S/C14H20N2O5/c1-9(2)21-12-8-10(4-5-11(12)20-3)16-14(19)15-7-6-13(17)18/h4-5,8-9H,6-7H2,1-3H3,(H,17,18)(H2,15,16,19). The van der Waals surface area contributed by atoms with Crippen molar-refractivity contribution in [2.75, 3.05) is 19.0 Å². The Balaban J connectivity index is 2.66. The Bertz CT molecular complexity index is 502. The molecule has 2 amide bonds. The molecule has 0 saturated heterocycles. The van der Waals surface area contributed by atoms with E-state index in [1.807, 2.05) is 13.8 Å². The van der Waals surface area contributed by atoms with E-state index in [-0.39, 0.29) is 19.1 Å². The van der Waals surface area contributed by atoms with E-state index in [4.69, 9.17) is 14.6 Å². The van der Waals surface area contributed by atoms with E-state index in [1.165, 1.54) is 7.11 Å². The molecule has 0 spiro atoms. The molecule has 21 heavy (non-hydrogen) atoms. The lowest BCUT2D eigenvalue weighted by Crippen LogP contribution is -2.30. The molecule has 7 nitrogen and oxygen atoms in total. The minimum absolute atomic E-state index is 0.0291. The molecule has 1 aromatic carbocycles. The van der Waals surface area contributed by atoms with Crippen LogP contribution in [0.5, 0.6) is 11.5 Å². The van der Waals surface area contributed by atoms with Gasteiger partial charge in [-0.15, -0.1) is 0 Å². The second kappa shape index (κ2) is 7.98. The molecule has 0 aliphatic rings. The number of ether oxygens (including phenoxy) is 2. The molecule has 7 heteroatoms. The van der Waals surface area contributed by atoms with Crippen LogP contribution in [-0.2, 0) is 4.79 Å². The van der Waals surface area contributed by atoms with Crippen molar-refractivity contribution in [3.63, 3.8) is 0 Å². The first-order chi connectivity index (χ1) is 9.92. The van der Waals surface area contributed by atoms with Gasteiger partial charge in [-0.2, -0.15) is 0 Å². The van der Waals surface area contributed by atoms with Crippen molar-refractivity contribution in [2.45, 2.75) is 26.4 Å². The average molecular weight is 296 g/mol. The lowest BCUT2D eigenvalue weighted by molar-refractivity contribution is -0.136. The molecule has 116 valence electrons. The third-order valence-electron chi connectivity index (χ3n) is 2.41. The molecule has 0 atom stereocenters. The molecule has 0 aliphatic heterocycles. The van der Waals surface area contributed by atoms with Crippen molar-refractivity contribution < 1.29 is 24.2 Å². The highest BCUT2D eigenvalue weighted by molar-refractivity contribution is 5.89. The maximum atomic E-state index is 11.6. The van der Waals surface area contributed by atoms with Crippen LogP contribution in [-0.4, -0.2) is 36.9 Å². The van der Waals surface area contributed by atoms with Gasteiger partial charge in [0.25, 0.3) is 0 Å². The first-order valence-corrected chi connectivity index (χ1v) is 6.53. The van der Waals surface area contributed by atoms with Crippen LogP contribution < -0.4 is 20.1 Å². The summed E-state index contributed by atoms with van der Waals surface area (Å²) in [4.78, 5) is 21.9. The summed E-state index contributed by atoms with van der Waals surface area (Å²) in [5.74, 6) is 0.128. The SMILES string of the molecule is COc1ccc(NC(=O)NCCC(=O)O)cc1OC(C)C. The van der Waals surface area contributed by atoms with Crippen LogP contribution in [0.1, 0.15) is 20.3 Å². The van der Waals surface area contributed by atoms with Gasteiger partial charge >= 0.3 is 12.0 Å². The molecule has 0 bridgehead atoms. The van der Waals surface area contributed by atoms with E-state index in [0.717, 1.165) is 0 Å². The summed E-state index contributed by atoms with van der Waals surface area (Å²) >= 11 is 0. The fourth-order valence-electron chi connectivity index (χ4n) is 1.56. The molecule has 0 aromatic heterocycles. The van der Waals surface area contributed by atoms with Crippen molar-refractivity contribution in [3.05, 3.63) is 18.2 Å². The highest BCUT2D eigenvalue weighted by Gasteiger charge is 2.09. The topological polar surface area (TPSA) is 96.9 Å². The molecule has 0 saturated carbocycles. The first-order valence-electron chi connectivity index (χ1n) is 6.53. The van der Waals surface area contributed by atoms with Crippen LogP contribution in [0.15, 0.2) is 18.2 Å². The Morgan fingerprint density at radius 3 is 2.57 bits per heavy atom. The van der Waals surface area contributed by atoms with Crippen LogP contribution >= 0.6 is 0 Å². The van der Waals surface area contributed by atoms with Crippen LogP contribution in [0.4, 0.5) is 10.5 Å². The molecule has 1 rings (SSSR count). The zero-order valence-corrected chi connectivity index (χ0v) is 12.3. The number of urea groups is 1. The second-order valence-corrected chi connectivity index (χ2v) is 4.56. The molecule has 0 radical (unpaired) electrons. The summed E-state index contributed by atoms with van der Waals surface area (Å²) in [7, 11) is 1.54. The Labute approximate surface area is 123 Å². The summed E-state index contributed by atoms with van der Waals surface area (Å²) < 4.78 is 10.8. The Kier molecular flexibility index (Phi) is 6.32. The van der Waals surface area contributed by atoms with Gasteiger partial charge in [0.15, 0.2) is 11.5 Å². The number of carbonyl (C=O) groups excluding carboxylic acids is 1. The number of hydrogen-bond donors (Lipinski definition) is 3. The number of hydrogen-bond acceptors (Lipinski definition) is 4. The normalized spacial score (nSPS) is 10.1. The van der Waals surface area contributed by atoms with E-state index < -0.39 is 12.0 Å². The second-order valence-electron chi connectivity index (χ2n) is 4.56. The van der Waals surface area contributed by atoms with Gasteiger partial charge in [-0.25, -0.2) is 4.79 Å². The van der Waals surface area contributed by atoms with Crippen LogP contribution in [0.25, 0.3) is 0 Å². The van der Waals surface area contributed by atoms with Gasteiger partial charge in [-0.1, -0.05) is 0 Å². The van der Waals surface area contributed by atoms with Gasteiger partial charge in [0.2, 0.25) is 0 Å². The van der Waals surface area contributed by atoms with Crippen molar-refractivity contribution in [3.8, 4) is 11.5 Å². The molecule has 0 heterocycles. The number of carboxylic acids is 1. The number of anilines is 1. The van der Waals surface area contributed by atoms with E-state index >= 15 is 0 Å². The fraction of sp³-hybridized carbons (Fsp3) is 0.429. The minimum Gasteiger partial charge on any atom is -0.493 e. The van der Waals surface area contributed by atoms with Crippen LogP contribution in [0.3, 0.4) is 0 Å². The van der Waals surface area contributed by atoms with Gasteiger partial charge in [0, 0.05) is 18.3 Å². The minimum atomic E-state index is -0.965. The Morgan fingerprint density at radius 1 is 1.29 bits per heavy atom. The molecule has 0 aliphatic carbocycles. The van der Waals surface area contributed by atoms with Crippen molar-refractivity contribution >= 4 is 17.7 Å². The zero-order valence-electron chi connectivity index (χ0n) is 12.3. The summed E-state index contributed by atoms with van der Waals surface area (Å²) in [5, 5.41) is 13.5. The number of methoxy groups -OCH3 is 1. The highest BCUT2D eigenvalue weighted by Crippen LogP contribution is 2.30. The van der Waals surface area contributed by atoms with Gasteiger partial charge < -0.3 is 25.2 Å². The number of carbonyl (C=O) groups is 2. The molecular weight excluding hydrogens is 276 g/mol. The molecule has 0 unspecified atom stereocenters. The number of benzene rings is 1. The summed E-state index contributed by atoms with van der Waals surface area (Å²) in [6.07, 6.45) is -0.156. The fourth-order valence-corrected chi connectivity index (χ4v) is 1.56. The number of nitrogens with one attached hydrogen (secondary N) is 2. The molecule has 1 aromatic rings. The predicted molar refractivity (Wildman–Crippen MR) is 78.0 cm³/mol. The van der Waals surface area contributed by atoms with Crippen LogP contribution in [0, 0.1) is 0 Å². The largest absolute Gasteiger partial charge is 0.493 e. The maximum absolute atomic E-state index is 11.6. The third kappa shape index (κ3) is 6.03. The van der Waals surface area contributed by atoms with E-state index in [0.29, 0.717) is 17.2 Å². The van der Waals surface area contributed by atoms with Gasteiger partial charge in [-0.05, 0) is 26.0 Å². The average Bonchev–Trinajstić information content (AvgIpc) is 2.37. The molecular formula is C14H20N2O5. The maximum Gasteiger partial charge on any atom is 0.319 e. The Hall–Kier alpha value is -2.44. The summed E-state index contributed by atoms with van der Waals surface area (Å²) in [5.41, 5.74) is 0.527. The lowest BCUT2D eigenvalue weighted by atomic mass is 10.2. The monoisotopic (exact) mass is 296 g/mol. The van der Waals surface area contributed by atoms with Crippen LogP contribution in [0.2, 0.25) is 0 Å². The molecule has 3 N–H and O–H groups in total. The van der Waals surface area contributed by atoms with E-state index in [1.54, 1.807) is 18.2 Å². The van der Waals surface area contributed by atoms with Gasteiger partial charge in [0.05, 0.1) is 19.6 Å². The van der Waals surface area contributed by atoms with Gasteiger partial charge in [-0.3, -0.25) is 4.79 Å². The predicted octanol–water partition coefficient (Wildman–Crippen LogP) is 2.08. The lowest BCUT2D eigenvalue weighted by Gasteiger charge is -2.15. The quantitative estimate of drug-likeness (QED) is 0.715. The molecule has 0 fully saturated rings. The number of amides is 2. The summed E-state index contributed by atoms with van der Waals surface area (Å²) in [6.45, 7) is 3.84.